The number of benzene rings is 2. The number of phenols is 2. The number of ether oxygens (including phenoxy) is 1. The number of anilines is 1. The number of carbonyl (C=O) groups excluding carboxylic acids is 4. The number of piperidine rings is 1. The summed E-state index contributed by atoms with van der Waals surface area (Å²) in [6.45, 7) is 18.1. The molecule has 18 heteroatoms. The van der Waals surface area contributed by atoms with Crippen molar-refractivity contribution in [1.82, 2.24) is 39.5 Å². The first-order valence-electron chi connectivity index (χ1n) is 24.0. The SMILES string of the molecule is CC(C)c1cc(C(=O)N2Cc3ccc(CN4CCN(CC5CCN(C(=O)CO[C@@H]6CCN(C(=O)Nc7nc8c(s7)-c7nc(C(C)(C)C)ncc7CC8)[C@@H]6C(N)=O)CC5)CC4)cc3C2)c(O)cc1O. The van der Waals surface area contributed by atoms with Gasteiger partial charge < -0.3 is 40.3 Å². The van der Waals surface area contributed by atoms with Crippen LogP contribution in [0.2, 0.25) is 0 Å². The van der Waals surface area contributed by atoms with Crippen LogP contribution in [0, 0.1) is 5.92 Å². The fraction of sp³-hybridized carbons (Fsp3) is 0.540. The molecule has 5 amide bonds. The standard InChI is InChI=1S/C50H64N10O7S/c1-29(2)35-21-36(39(62)22-38(35)61)46(65)59-26-33-7-6-31(20-34(33)27-59)25-57-18-16-56(17-19-57)24-30-10-13-58(14-11-30)41(63)28-67-40-12-15-60(43(40)45(51)64)49(66)55-48-53-37-9-8-32-23-52-47(50(3,4)5)54-42(32)44(37)68-48/h6-7,20-23,29-30,40,43,61-62H,8-19,24-28H2,1-5H3,(H2,51,64)(H,53,55,66)/t40-,43+/m1/s1. The van der Waals surface area contributed by atoms with E-state index in [2.05, 4.69) is 59.1 Å². The monoisotopic (exact) mass is 948 g/mol. The van der Waals surface area contributed by atoms with E-state index < -0.39 is 24.1 Å². The molecule has 3 fully saturated rings. The summed E-state index contributed by atoms with van der Waals surface area (Å²) in [6, 6.07) is 7.84. The van der Waals surface area contributed by atoms with E-state index in [0.29, 0.717) is 55.6 Å². The zero-order chi connectivity index (χ0) is 48.0. The van der Waals surface area contributed by atoms with Gasteiger partial charge in [0.1, 0.15) is 30.0 Å². The smallest absolute Gasteiger partial charge is 0.324 e. The number of thiazole rings is 1. The van der Waals surface area contributed by atoms with E-state index in [0.717, 1.165) is 97.3 Å². The van der Waals surface area contributed by atoms with Crippen molar-refractivity contribution >= 4 is 40.2 Å². The number of urea groups is 1. The molecular weight excluding hydrogens is 885 g/mol. The molecule has 362 valence electrons. The molecule has 1 aliphatic carbocycles. The summed E-state index contributed by atoms with van der Waals surface area (Å²) in [7, 11) is 0. The number of hydrogen-bond acceptors (Lipinski definition) is 13. The lowest BCUT2D eigenvalue weighted by atomic mass is 9.94. The summed E-state index contributed by atoms with van der Waals surface area (Å²) in [6.07, 6.45) is 4.86. The second-order valence-electron chi connectivity index (χ2n) is 20.5. The van der Waals surface area contributed by atoms with Crippen molar-refractivity contribution < 1.29 is 34.1 Å². The number of nitrogens with zero attached hydrogens (tertiary/aromatic N) is 8. The van der Waals surface area contributed by atoms with Gasteiger partial charge in [0.25, 0.3) is 5.91 Å². The molecule has 0 radical (unpaired) electrons. The number of amides is 5. The summed E-state index contributed by atoms with van der Waals surface area (Å²) in [4.78, 5) is 78.3. The van der Waals surface area contributed by atoms with Crippen molar-refractivity contribution in [2.24, 2.45) is 11.7 Å². The second-order valence-corrected chi connectivity index (χ2v) is 21.5. The van der Waals surface area contributed by atoms with Crippen LogP contribution < -0.4 is 11.1 Å². The van der Waals surface area contributed by atoms with Crippen molar-refractivity contribution in [3.63, 3.8) is 0 Å². The third-order valence-corrected chi connectivity index (χ3v) is 15.3. The van der Waals surface area contributed by atoms with Crippen molar-refractivity contribution in [3.05, 3.63) is 81.4 Å². The number of piperazine rings is 1. The first-order valence-corrected chi connectivity index (χ1v) is 24.8. The minimum Gasteiger partial charge on any atom is -0.508 e. The van der Waals surface area contributed by atoms with E-state index >= 15 is 0 Å². The molecule has 4 aliphatic heterocycles. The average Bonchev–Trinajstić information content (AvgIpc) is 4.05. The number of likely N-dealkylation sites (tertiary alicyclic amines) is 2. The largest absolute Gasteiger partial charge is 0.508 e. The Kier molecular flexibility index (Phi) is 13.5. The maximum atomic E-state index is 13.6. The molecule has 5 N–H and O–H groups in total. The van der Waals surface area contributed by atoms with Crippen LogP contribution in [0.5, 0.6) is 11.5 Å². The van der Waals surface area contributed by atoms with Crippen LogP contribution in [0.1, 0.15) is 109 Å². The number of carbonyl (C=O) groups is 4. The third-order valence-electron chi connectivity index (χ3n) is 14.2. The van der Waals surface area contributed by atoms with Crippen molar-refractivity contribution in [3.8, 4) is 22.1 Å². The number of nitrogens with two attached hydrogens (primary N) is 1. The molecule has 2 atom stereocenters. The van der Waals surface area contributed by atoms with Crippen LogP contribution in [-0.2, 0) is 52.2 Å². The maximum Gasteiger partial charge on any atom is 0.324 e. The molecule has 68 heavy (non-hydrogen) atoms. The van der Waals surface area contributed by atoms with Crippen LogP contribution in [0.4, 0.5) is 9.93 Å². The molecule has 2 aromatic carbocycles. The number of hydrogen-bond donors (Lipinski definition) is 4. The first kappa shape index (κ1) is 47.4. The highest BCUT2D eigenvalue weighted by Gasteiger charge is 2.43. The molecule has 5 aliphatic rings. The normalized spacial score (nSPS) is 20.1. The first-order chi connectivity index (χ1) is 32.5. The molecular formula is C50H64N10O7S. The maximum absolute atomic E-state index is 13.6. The number of nitrogens with one attached hydrogen (secondary N) is 1. The van der Waals surface area contributed by atoms with E-state index in [1.165, 1.54) is 27.9 Å². The highest BCUT2D eigenvalue weighted by atomic mass is 32.1. The van der Waals surface area contributed by atoms with Gasteiger partial charge in [-0.1, -0.05) is 64.2 Å². The van der Waals surface area contributed by atoms with Crippen molar-refractivity contribution in [2.75, 3.05) is 64.3 Å². The highest BCUT2D eigenvalue weighted by molar-refractivity contribution is 7.19. The fourth-order valence-electron chi connectivity index (χ4n) is 10.3. The Hall–Kier alpha value is -5.69. The summed E-state index contributed by atoms with van der Waals surface area (Å²) in [5.41, 5.74) is 12.7. The van der Waals surface area contributed by atoms with Crippen LogP contribution in [0.3, 0.4) is 0 Å². The lowest BCUT2D eigenvalue weighted by Crippen LogP contribution is -2.51. The second kappa shape index (κ2) is 19.4. The van der Waals surface area contributed by atoms with Crippen LogP contribution in [0.25, 0.3) is 10.6 Å². The Morgan fingerprint density at radius 3 is 2.32 bits per heavy atom. The molecule has 17 nitrogen and oxygen atoms in total. The summed E-state index contributed by atoms with van der Waals surface area (Å²) < 4.78 is 6.05. The third kappa shape index (κ3) is 10.0. The molecule has 2 aromatic heterocycles. The topological polar surface area (TPSA) is 211 Å². The lowest BCUT2D eigenvalue weighted by molar-refractivity contribution is -0.141. The Balaban J connectivity index is 0.695. The highest BCUT2D eigenvalue weighted by Crippen LogP contribution is 2.40. The van der Waals surface area contributed by atoms with Crippen LogP contribution in [0.15, 0.2) is 36.5 Å². The van der Waals surface area contributed by atoms with E-state index in [1.54, 1.807) is 11.0 Å². The van der Waals surface area contributed by atoms with Gasteiger partial charge in [0.05, 0.1) is 27.9 Å². The van der Waals surface area contributed by atoms with Gasteiger partial charge in [0, 0.05) is 89.7 Å². The Bertz CT molecular complexity index is 2580. The van der Waals surface area contributed by atoms with Gasteiger partial charge in [0.2, 0.25) is 11.8 Å². The minimum absolute atomic E-state index is 0.00627. The minimum atomic E-state index is -1.02. The Morgan fingerprint density at radius 2 is 1.60 bits per heavy atom. The predicted molar refractivity (Wildman–Crippen MR) is 257 cm³/mol. The number of aromatic nitrogens is 3. The fourth-order valence-corrected chi connectivity index (χ4v) is 11.3. The number of fused-ring (bicyclic) bond motifs is 4. The van der Waals surface area contributed by atoms with Gasteiger partial charge in [-0.15, -0.1) is 0 Å². The van der Waals surface area contributed by atoms with Crippen molar-refractivity contribution in [1.29, 1.82) is 0 Å². The van der Waals surface area contributed by atoms with Crippen LogP contribution in [-0.4, -0.2) is 145 Å². The summed E-state index contributed by atoms with van der Waals surface area (Å²) in [5, 5.41) is 24.1. The number of aryl methyl sites for hydroxylation is 2. The Morgan fingerprint density at radius 1 is 0.868 bits per heavy atom. The van der Waals surface area contributed by atoms with Gasteiger partial charge >= 0.3 is 6.03 Å². The van der Waals surface area contributed by atoms with E-state index in [4.69, 9.17) is 20.4 Å². The zero-order valence-corrected chi connectivity index (χ0v) is 40.6. The molecule has 6 heterocycles. The molecule has 0 bridgehead atoms. The molecule has 0 spiro atoms. The molecule has 0 saturated carbocycles. The molecule has 9 rings (SSSR count). The number of phenolic OH excluding ortho intramolecular Hbond substituents is 2. The number of rotatable bonds is 11. The number of primary amides is 1. The quantitative estimate of drug-likeness (QED) is 0.153. The average molecular weight is 949 g/mol. The van der Waals surface area contributed by atoms with E-state index in [1.807, 2.05) is 24.9 Å². The summed E-state index contributed by atoms with van der Waals surface area (Å²) in [5.74, 6) is -0.0295. The van der Waals surface area contributed by atoms with Gasteiger partial charge in [-0.05, 0) is 77.8 Å². The molecule has 4 aromatic rings. The lowest BCUT2D eigenvalue weighted by Gasteiger charge is -2.39. The molecule has 3 saturated heterocycles. The Labute approximate surface area is 401 Å². The van der Waals surface area contributed by atoms with E-state index in [-0.39, 0.29) is 53.4 Å². The summed E-state index contributed by atoms with van der Waals surface area (Å²) >= 11 is 1.36. The zero-order valence-electron chi connectivity index (χ0n) is 39.8. The number of aromatic hydroxyl groups is 2. The van der Waals surface area contributed by atoms with Gasteiger partial charge in [-0.2, -0.15) is 0 Å². The van der Waals surface area contributed by atoms with Crippen LogP contribution >= 0.6 is 11.3 Å². The van der Waals surface area contributed by atoms with Crippen molar-refractivity contribution in [2.45, 2.75) is 110 Å². The van der Waals surface area contributed by atoms with E-state index in [9.17, 15) is 29.4 Å². The van der Waals surface area contributed by atoms with Gasteiger partial charge in [-0.3, -0.25) is 24.6 Å². The van der Waals surface area contributed by atoms with Gasteiger partial charge in [0.15, 0.2) is 5.13 Å². The predicted octanol–water partition coefficient (Wildman–Crippen LogP) is 5.22. The molecule has 0 unspecified atom stereocenters. The van der Waals surface area contributed by atoms with Gasteiger partial charge in [-0.25, -0.2) is 19.7 Å².